The zero-order valence-corrected chi connectivity index (χ0v) is 18.7. The van der Waals surface area contributed by atoms with Gasteiger partial charge in [-0.25, -0.2) is 13.8 Å². The first-order valence-electron chi connectivity index (χ1n) is 9.95. The maximum absolute atomic E-state index is 13.3. The fraction of sp³-hybridized carbons (Fsp3) is 0.167. The molecule has 8 heteroatoms. The molecule has 3 aromatic rings. The Balaban J connectivity index is 1.78. The Bertz CT molecular complexity index is 1180. The Hall–Kier alpha value is -3.49. The molecule has 0 spiro atoms. The van der Waals surface area contributed by atoms with E-state index in [0.717, 1.165) is 21.0 Å². The van der Waals surface area contributed by atoms with Crippen molar-refractivity contribution in [3.63, 3.8) is 0 Å². The fourth-order valence-corrected chi connectivity index (χ4v) is 4.42. The molecule has 0 aromatic heterocycles. The average Bonchev–Trinajstić information content (AvgIpc) is 2.79. The molecule has 1 N–H and O–H groups in total. The quantitative estimate of drug-likeness (QED) is 0.399. The minimum Gasteiger partial charge on any atom is -0.497 e. The van der Waals surface area contributed by atoms with Crippen molar-refractivity contribution in [2.75, 3.05) is 13.7 Å². The van der Waals surface area contributed by atoms with E-state index >= 15 is 0 Å². The van der Waals surface area contributed by atoms with Crippen LogP contribution in [0.3, 0.4) is 0 Å². The predicted molar refractivity (Wildman–Crippen MR) is 124 cm³/mol. The summed E-state index contributed by atoms with van der Waals surface area (Å²) < 4.78 is 32.8. The summed E-state index contributed by atoms with van der Waals surface area (Å²) in [6.07, 6.45) is 1.52. The largest absolute Gasteiger partial charge is 0.497 e. The highest BCUT2D eigenvalue weighted by Crippen LogP contribution is 2.21. The van der Waals surface area contributed by atoms with Crippen LogP contribution in [0.1, 0.15) is 16.7 Å². The van der Waals surface area contributed by atoms with Gasteiger partial charge in [-0.1, -0.05) is 60.2 Å². The van der Waals surface area contributed by atoms with Gasteiger partial charge < -0.3 is 4.74 Å². The molecule has 0 heterocycles. The van der Waals surface area contributed by atoms with E-state index in [0.29, 0.717) is 5.75 Å². The summed E-state index contributed by atoms with van der Waals surface area (Å²) in [6.45, 7) is 1.63. The Morgan fingerprint density at radius 2 is 1.75 bits per heavy atom. The summed E-state index contributed by atoms with van der Waals surface area (Å²) in [5.41, 5.74) is 5.08. The lowest BCUT2D eigenvalue weighted by atomic mass is 10.2. The van der Waals surface area contributed by atoms with Crippen molar-refractivity contribution < 1.29 is 17.9 Å². The number of methoxy groups -OCH3 is 1. The fourth-order valence-electron chi connectivity index (χ4n) is 3.03. The van der Waals surface area contributed by atoms with Gasteiger partial charge in [-0.2, -0.15) is 9.41 Å². The number of aryl methyl sites for hydroxylation is 1. The van der Waals surface area contributed by atoms with Crippen molar-refractivity contribution in [2.24, 2.45) is 5.10 Å². The minimum atomic E-state index is -3.94. The topological polar surface area (TPSA) is 88.1 Å². The summed E-state index contributed by atoms with van der Waals surface area (Å²) in [4.78, 5) is 12.6. The van der Waals surface area contributed by atoms with Crippen LogP contribution in [-0.2, 0) is 21.4 Å². The second kappa shape index (κ2) is 10.7. The highest BCUT2D eigenvalue weighted by Gasteiger charge is 2.27. The number of carbonyl (C=O) groups excluding carboxylic acids is 1. The molecule has 0 aliphatic rings. The van der Waals surface area contributed by atoms with Crippen LogP contribution in [0.4, 0.5) is 0 Å². The number of carbonyl (C=O) groups is 1. The molecule has 166 valence electrons. The molecule has 0 fully saturated rings. The Labute approximate surface area is 188 Å². The van der Waals surface area contributed by atoms with Gasteiger partial charge in [0.25, 0.3) is 5.91 Å². The van der Waals surface area contributed by atoms with Crippen LogP contribution in [0.25, 0.3) is 0 Å². The number of hydrazone groups is 1. The lowest BCUT2D eigenvalue weighted by Gasteiger charge is -2.21. The Morgan fingerprint density at radius 1 is 1.03 bits per heavy atom. The van der Waals surface area contributed by atoms with Gasteiger partial charge in [0.05, 0.1) is 24.8 Å². The molecule has 0 radical (unpaired) electrons. The van der Waals surface area contributed by atoms with Gasteiger partial charge in [0, 0.05) is 6.54 Å². The molecule has 3 rings (SSSR count). The van der Waals surface area contributed by atoms with Gasteiger partial charge in [0.1, 0.15) is 5.75 Å². The summed E-state index contributed by atoms with van der Waals surface area (Å²) >= 11 is 0. The standard InChI is InChI=1S/C24H25N3O4S/c1-19-7-6-10-21(15-19)16-25-26-24(28)18-27(17-20-8-4-3-5-9-20)32(29,30)23-13-11-22(31-2)12-14-23/h3-16H,17-18H2,1-2H3,(H,26,28). The molecule has 0 aliphatic carbocycles. The molecular formula is C24H25N3O4S. The first-order valence-corrected chi connectivity index (χ1v) is 11.4. The second-order valence-electron chi connectivity index (χ2n) is 7.14. The number of nitrogens with one attached hydrogen (secondary N) is 1. The Morgan fingerprint density at radius 3 is 2.41 bits per heavy atom. The van der Waals surface area contributed by atoms with E-state index in [1.807, 2.05) is 61.5 Å². The molecule has 1 amide bonds. The molecule has 0 saturated heterocycles. The van der Waals surface area contributed by atoms with Crippen LogP contribution < -0.4 is 10.2 Å². The molecule has 0 aliphatic heterocycles. The summed E-state index contributed by atoms with van der Waals surface area (Å²) in [5, 5.41) is 3.96. The van der Waals surface area contributed by atoms with Gasteiger partial charge in [0.2, 0.25) is 10.0 Å². The van der Waals surface area contributed by atoms with E-state index in [2.05, 4.69) is 10.5 Å². The number of rotatable bonds is 9. The van der Waals surface area contributed by atoms with Gasteiger partial charge in [-0.15, -0.1) is 0 Å². The SMILES string of the molecule is COc1ccc(S(=O)(=O)N(CC(=O)NN=Cc2cccc(C)c2)Cc2ccccc2)cc1. The molecule has 32 heavy (non-hydrogen) atoms. The number of hydrogen-bond donors (Lipinski definition) is 1. The molecular weight excluding hydrogens is 426 g/mol. The molecule has 0 bridgehead atoms. The smallest absolute Gasteiger partial charge is 0.255 e. The van der Waals surface area contributed by atoms with Crippen molar-refractivity contribution in [1.29, 1.82) is 0 Å². The maximum atomic E-state index is 13.3. The molecule has 0 saturated carbocycles. The third kappa shape index (κ3) is 6.26. The zero-order valence-electron chi connectivity index (χ0n) is 17.9. The number of hydrogen-bond acceptors (Lipinski definition) is 5. The van der Waals surface area contributed by atoms with Crippen molar-refractivity contribution in [2.45, 2.75) is 18.4 Å². The van der Waals surface area contributed by atoms with Crippen LogP contribution >= 0.6 is 0 Å². The number of ether oxygens (including phenoxy) is 1. The van der Waals surface area contributed by atoms with E-state index in [9.17, 15) is 13.2 Å². The lowest BCUT2D eigenvalue weighted by Crippen LogP contribution is -2.39. The number of sulfonamides is 1. The number of amides is 1. The first-order chi connectivity index (χ1) is 15.4. The summed E-state index contributed by atoms with van der Waals surface area (Å²) in [6, 6.07) is 22.8. The van der Waals surface area contributed by atoms with E-state index < -0.39 is 15.9 Å². The van der Waals surface area contributed by atoms with Crippen LogP contribution in [0, 0.1) is 6.92 Å². The van der Waals surface area contributed by atoms with Gasteiger partial charge >= 0.3 is 0 Å². The van der Waals surface area contributed by atoms with Crippen molar-refractivity contribution in [1.82, 2.24) is 9.73 Å². The molecule has 0 atom stereocenters. The van der Waals surface area contributed by atoms with Gasteiger partial charge in [-0.3, -0.25) is 4.79 Å². The second-order valence-corrected chi connectivity index (χ2v) is 9.08. The lowest BCUT2D eigenvalue weighted by molar-refractivity contribution is -0.121. The highest BCUT2D eigenvalue weighted by atomic mass is 32.2. The maximum Gasteiger partial charge on any atom is 0.255 e. The van der Waals surface area contributed by atoms with Crippen molar-refractivity contribution in [3.8, 4) is 5.75 Å². The van der Waals surface area contributed by atoms with Gasteiger partial charge in [0.15, 0.2) is 0 Å². The Kier molecular flexibility index (Phi) is 7.75. The van der Waals surface area contributed by atoms with Crippen molar-refractivity contribution in [3.05, 3.63) is 95.6 Å². The highest BCUT2D eigenvalue weighted by molar-refractivity contribution is 7.89. The zero-order chi connectivity index (χ0) is 23.0. The third-order valence-electron chi connectivity index (χ3n) is 4.66. The van der Waals surface area contributed by atoms with Crippen LogP contribution in [0.5, 0.6) is 5.75 Å². The first kappa shape index (κ1) is 23.2. The van der Waals surface area contributed by atoms with E-state index in [4.69, 9.17) is 4.74 Å². The number of benzene rings is 3. The van der Waals surface area contributed by atoms with Crippen LogP contribution in [0.15, 0.2) is 88.9 Å². The minimum absolute atomic E-state index is 0.0459. The third-order valence-corrected chi connectivity index (χ3v) is 6.47. The molecule has 0 unspecified atom stereocenters. The van der Waals surface area contributed by atoms with E-state index in [1.165, 1.54) is 25.5 Å². The predicted octanol–water partition coefficient (Wildman–Crippen LogP) is 3.34. The summed E-state index contributed by atoms with van der Waals surface area (Å²) in [7, 11) is -2.43. The van der Waals surface area contributed by atoms with Crippen molar-refractivity contribution >= 4 is 22.1 Å². The average molecular weight is 452 g/mol. The monoisotopic (exact) mass is 451 g/mol. The van der Waals surface area contributed by atoms with E-state index in [1.54, 1.807) is 12.1 Å². The molecule has 3 aromatic carbocycles. The van der Waals surface area contributed by atoms with E-state index in [-0.39, 0.29) is 18.0 Å². The summed E-state index contributed by atoms with van der Waals surface area (Å²) in [5.74, 6) is 0.00343. The van der Waals surface area contributed by atoms with Gasteiger partial charge in [-0.05, 0) is 42.3 Å². The number of nitrogens with zero attached hydrogens (tertiary/aromatic N) is 2. The van der Waals surface area contributed by atoms with Crippen LogP contribution in [0.2, 0.25) is 0 Å². The molecule has 7 nitrogen and oxygen atoms in total. The normalized spacial score (nSPS) is 11.6. The van der Waals surface area contributed by atoms with Crippen LogP contribution in [-0.4, -0.2) is 38.5 Å².